The Balaban J connectivity index is 2.63. The second kappa shape index (κ2) is 5.23. The standard InChI is InChI=1S/C9H11O6P/c1-14-8-4-2-7(3-5-8)9(10)6-15-16(11,12)13/h2-5H,6H2,1H3,(H2,11,12,13). The minimum atomic E-state index is -4.60. The summed E-state index contributed by atoms with van der Waals surface area (Å²) in [6, 6.07) is 6.13. The van der Waals surface area contributed by atoms with Crippen molar-refractivity contribution in [2.24, 2.45) is 0 Å². The van der Waals surface area contributed by atoms with Crippen molar-refractivity contribution in [1.29, 1.82) is 0 Å². The lowest BCUT2D eigenvalue weighted by atomic mass is 10.1. The van der Waals surface area contributed by atoms with Crippen LogP contribution in [0.15, 0.2) is 24.3 Å². The fourth-order valence-corrected chi connectivity index (χ4v) is 1.29. The molecule has 1 aromatic carbocycles. The third kappa shape index (κ3) is 4.12. The van der Waals surface area contributed by atoms with E-state index in [4.69, 9.17) is 14.5 Å². The molecule has 0 saturated heterocycles. The first-order valence-electron chi connectivity index (χ1n) is 4.30. The van der Waals surface area contributed by atoms with Crippen molar-refractivity contribution in [1.82, 2.24) is 0 Å². The number of carbonyl (C=O) groups excluding carboxylic acids is 1. The molecule has 0 aliphatic carbocycles. The van der Waals surface area contributed by atoms with Gasteiger partial charge in [-0.2, -0.15) is 0 Å². The number of methoxy groups -OCH3 is 1. The number of rotatable bonds is 5. The molecule has 0 aliphatic heterocycles. The van der Waals surface area contributed by atoms with E-state index >= 15 is 0 Å². The summed E-state index contributed by atoms with van der Waals surface area (Å²) in [6.07, 6.45) is 0. The third-order valence-corrected chi connectivity index (χ3v) is 2.24. The van der Waals surface area contributed by atoms with Gasteiger partial charge in [0.2, 0.25) is 0 Å². The molecule has 0 radical (unpaired) electrons. The van der Waals surface area contributed by atoms with Gasteiger partial charge in [-0.1, -0.05) is 0 Å². The smallest absolute Gasteiger partial charge is 0.470 e. The van der Waals surface area contributed by atoms with Crippen LogP contribution in [0.3, 0.4) is 0 Å². The SMILES string of the molecule is COc1ccc(C(=O)COP(=O)(O)O)cc1. The number of ketones is 1. The number of phosphoric ester groups is 1. The van der Waals surface area contributed by atoms with E-state index in [0.717, 1.165) is 0 Å². The molecule has 6 nitrogen and oxygen atoms in total. The molecule has 0 amide bonds. The topological polar surface area (TPSA) is 93.1 Å². The van der Waals surface area contributed by atoms with Gasteiger partial charge in [-0.3, -0.25) is 9.32 Å². The lowest BCUT2D eigenvalue weighted by molar-refractivity contribution is 0.0884. The highest BCUT2D eigenvalue weighted by Gasteiger charge is 2.17. The van der Waals surface area contributed by atoms with Gasteiger partial charge in [-0.15, -0.1) is 0 Å². The first-order chi connectivity index (χ1) is 7.42. The van der Waals surface area contributed by atoms with Gasteiger partial charge in [0.15, 0.2) is 5.78 Å². The van der Waals surface area contributed by atoms with E-state index in [1.807, 2.05) is 0 Å². The summed E-state index contributed by atoms with van der Waals surface area (Å²) in [5.74, 6) is 0.0819. The number of Topliss-reactive ketones (excluding diaryl/α,β-unsaturated/α-hetero) is 1. The molecule has 0 aromatic heterocycles. The van der Waals surface area contributed by atoms with Gasteiger partial charge in [0, 0.05) is 5.56 Å². The van der Waals surface area contributed by atoms with Crippen LogP contribution in [0.1, 0.15) is 10.4 Å². The highest BCUT2D eigenvalue weighted by Crippen LogP contribution is 2.35. The minimum Gasteiger partial charge on any atom is -0.497 e. The molecular formula is C9H11O6P. The van der Waals surface area contributed by atoms with Crippen molar-refractivity contribution < 1.29 is 28.4 Å². The molecule has 1 aromatic rings. The van der Waals surface area contributed by atoms with Gasteiger partial charge >= 0.3 is 7.82 Å². The highest BCUT2D eigenvalue weighted by molar-refractivity contribution is 7.46. The molecule has 7 heteroatoms. The number of hydrogen-bond acceptors (Lipinski definition) is 4. The monoisotopic (exact) mass is 246 g/mol. The normalized spacial score (nSPS) is 11.2. The lowest BCUT2D eigenvalue weighted by Crippen LogP contribution is -2.07. The molecule has 0 heterocycles. The number of hydrogen-bond donors (Lipinski definition) is 2. The van der Waals surface area contributed by atoms with Gasteiger partial charge < -0.3 is 14.5 Å². The Morgan fingerprint density at radius 3 is 2.31 bits per heavy atom. The molecule has 0 bridgehead atoms. The molecular weight excluding hydrogens is 235 g/mol. The Morgan fingerprint density at radius 2 is 1.88 bits per heavy atom. The molecule has 0 unspecified atom stereocenters. The minimum absolute atomic E-state index is 0.300. The first kappa shape index (κ1) is 12.9. The Bertz CT molecular complexity index is 407. The molecule has 0 atom stereocenters. The fourth-order valence-electron chi connectivity index (χ4n) is 1.00. The van der Waals surface area contributed by atoms with E-state index in [9.17, 15) is 9.36 Å². The van der Waals surface area contributed by atoms with Crippen LogP contribution in [0.2, 0.25) is 0 Å². The van der Waals surface area contributed by atoms with E-state index in [2.05, 4.69) is 4.52 Å². The Morgan fingerprint density at radius 1 is 1.31 bits per heavy atom. The Labute approximate surface area is 92.1 Å². The van der Waals surface area contributed by atoms with Crippen molar-refractivity contribution >= 4 is 13.6 Å². The number of ether oxygens (including phenoxy) is 1. The molecule has 0 saturated carbocycles. The van der Waals surface area contributed by atoms with Crippen LogP contribution in [-0.2, 0) is 9.09 Å². The van der Waals surface area contributed by atoms with Crippen LogP contribution in [0, 0.1) is 0 Å². The summed E-state index contributed by atoms with van der Waals surface area (Å²) in [5, 5.41) is 0. The molecule has 2 N–H and O–H groups in total. The van der Waals surface area contributed by atoms with E-state index in [0.29, 0.717) is 11.3 Å². The zero-order chi connectivity index (χ0) is 12.2. The van der Waals surface area contributed by atoms with Crippen LogP contribution < -0.4 is 4.74 Å². The summed E-state index contributed by atoms with van der Waals surface area (Å²) < 4.78 is 19.4. The molecule has 0 aliphatic rings. The van der Waals surface area contributed by atoms with E-state index in [-0.39, 0.29) is 0 Å². The first-order valence-corrected chi connectivity index (χ1v) is 5.83. The van der Waals surface area contributed by atoms with Crippen molar-refractivity contribution in [3.63, 3.8) is 0 Å². The summed E-state index contributed by atoms with van der Waals surface area (Å²) in [7, 11) is -3.11. The number of carbonyl (C=O) groups is 1. The zero-order valence-electron chi connectivity index (χ0n) is 8.49. The van der Waals surface area contributed by atoms with Crippen LogP contribution in [0.25, 0.3) is 0 Å². The maximum absolute atomic E-state index is 11.4. The van der Waals surface area contributed by atoms with Gasteiger partial charge in [0.25, 0.3) is 0 Å². The maximum atomic E-state index is 11.4. The number of phosphoric acid groups is 1. The average Bonchev–Trinajstić information content (AvgIpc) is 2.25. The average molecular weight is 246 g/mol. The van der Waals surface area contributed by atoms with Gasteiger partial charge in [0.1, 0.15) is 12.4 Å². The van der Waals surface area contributed by atoms with Crippen molar-refractivity contribution in [3.05, 3.63) is 29.8 Å². The van der Waals surface area contributed by atoms with Crippen molar-refractivity contribution in [2.45, 2.75) is 0 Å². The zero-order valence-corrected chi connectivity index (χ0v) is 9.39. The summed E-state index contributed by atoms with van der Waals surface area (Å²) in [4.78, 5) is 28.2. The molecule has 88 valence electrons. The van der Waals surface area contributed by atoms with Crippen LogP contribution >= 0.6 is 7.82 Å². The highest BCUT2D eigenvalue weighted by atomic mass is 31.2. The van der Waals surface area contributed by atoms with Gasteiger partial charge in [-0.25, -0.2) is 4.57 Å². The Hall–Kier alpha value is -1.20. The van der Waals surface area contributed by atoms with Gasteiger partial charge in [-0.05, 0) is 24.3 Å². The Kier molecular flexibility index (Phi) is 4.20. The van der Waals surface area contributed by atoms with Crippen molar-refractivity contribution in [2.75, 3.05) is 13.7 Å². The van der Waals surface area contributed by atoms with E-state index in [1.165, 1.54) is 19.2 Å². The predicted octanol–water partition coefficient (Wildman–Crippen LogP) is 0.987. The van der Waals surface area contributed by atoms with Crippen molar-refractivity contribution in [3.8, 4) is 5.75 Å². The molecule has 1 rings (SSSR count). The summed E-state index contributed by atoms with van der Waals surface area (Å²) in [6.45, 7) is -0.656. The van der Waals surface area contributed by atoms with Crippen LogP contribution in [0.5, 0.6) is 5.75 Å². The van der Waals surface area contributed by atoms with E-state index in [1.54, 1.807) is 12.1 Å². The lowest BCUT2D eigenvalue weighted by Gasteiger charge is -2.05. The fraction of sp³-hybridized carbons (Fsp3) is 0.222. The second-order valence-corrected chi connectivity index (χ2v) is 4.16. The largest absolute Gasteiger partial charge is 0.497 e. The third-order valence-electron chi connectivity index (χ3n) is 1.78. The molecule has 0 spiro atoms. The quantitative estimate of drug-likeness (QED) is 0.594. The molecule has 0 fully saturated rings. The second-order valence-electron chi connectivity index (χ2n) is 2.92. The van der Waals surface area contributed by atoms with Gasteiger partial charge in [0.05, 0.1) is 7.11 Å². The summed E-state index contributed by atoms with van der Waals surface area (Å²) in [5.41, 5.74) is 0.300. The molecule has 16 heavy (non-hydrogen) atoms. The van der Waals surface area contributed by atoms with Crippen LogP contribution in [0.4, 0.5) is 0 Å². The maximum Gasteiger partial charge on any atom is 0.470 e. The number of benzene rings is 1. The van der Waals surface area contributed by atoms with E-state index < -0.39 is 20.2 Å². The summed E-state index contributed by atoms with van der Waals surface area (Å²) >= 11 is 0. The predicted molar refractivity (Wildman–Crippen MR) is 55.3 cm³/mol. The van der Waals surface area contributed by atoms with Crippen LogP contribution in [-0.4, -0.2) is 29.3 Å².